The Labute approximate surface area is 115 Å². The maximum Gasteiger partial charge on any atom is 0.220 e. The summed E-state index contributed by atoms with van der Waals surface area (Å²) in [6.45, 7) is 7.43. The summed E-state index contributed by atoms with van der Waals surface area (Å²) in [6, 6.07) is 1.93. The summed E-state index contributed by atoms with van der Waals surface area (Å²) in [4.78, 5) is 15.9. The highest BCUT2D eigenvalue weighted by molar-refractivity contribution is 5.76. The molecule has 1 amide bonds. The number of nitrogens with one attached hydrogen (secondary N) is 1. The number of hydrogen-bond donors (Lipinski definition) is 2. The van der Waals surface area contributed by atoms with Gasteiger partial charge in [-0.2, -0.15) is 0 Å². The van der Waals surface area contributed by atoms with Gasteiger partial charge in [-0.25, -0.2) is 0 Å². The Morgan fingerprint density at radius 3 is 2.79 bits per heavy atom. The first-order valence-corrected chi connectivity index (χ1v) is 6.89. The SMILES string of the molecule is Cc1cnccc1CNC(=O)CC(CN)CC(C)C. The van der Waals surface area contributed by atoms with E-state index in [4.69, 9.17) is 5.73 Å². The number of rotatable bonds is 7. The van der Waals surface area contributed by atoms with Crippen LogP contribution in [0.1, 0.15) is 37.8 Å². The van der Waals surface area contributed by atoms with E-state index in [1.165, 1.54) is 0 Å². The van der Waals surface area contributed by atoms with Crippen LogP contribution in [-0.4, -0.2) is 17.4 Å². The Kier molecular flexibility index (Phi) is 6.50. The van der Waals surface area contributed by atoms with Crippen molar-refractivity contribution in [3.05, 3.63) is 29.6 Å². The van der Waals surface area contributed by atoms with E-state index >= 15 is 0 Å². The number of nitrogens with zero attached hydrogens (tertiary/aromatic N) is 1. The Morgan fingerprint density at radius 2 is 2.21 bits per heavy atom. The van der Waals surface area contributed by atoms with Crippen molar-refractivity contribution in [2.75, 3.05) is 6.54 Å². The summed E-state index contributed by atoms with van der Waals surface area (Å²) < 4.78 is 0. The lowest BCUT2D eigenvalue weighted by atomic mass is 9.94. The molecule has 0 spiro atoms. The minimum Gasteiger partial charge on any atom is -0.352 e. The average Bonchev–Trinajstić information content (AvgIpc) is 2.36. The molecule has 0 saturated heterocycles. The second kappa shape index (κ2) is 7.89. The lowest BCUT2D eigenvalue weighted by molar-refractivity contribution is -0.122. The highest BCUT2D eigenvalue weighted by Crippen LogP contribution is 2.14. The summed E-state index contributed by atoms with van der Waals surface area (Å²) in [7, 11) is 0. The predicted octanol–water partition coefficient (Wildman–Crippen LogP) is 2.02. The Hall–Kier alpha value is -1.42. The molecule has 0 aliphatic rings. The molecule has 0 aliphatic carbocycles. The Bertz CT molecular complexity index is 404. The van der Waals surface area contributed by atoms with Crippen molar-refractivity contribution in [3.63, 3.8) is 0 Å². The zero-order valence-electron chi connectivity index (χ0n) is 12.1. The van der Waals surface area contributed by atoms with E-state index < -0.39 is 0 Å². The van der Waals surface area contributed by atoms with Gasteiger partial charge in [-0.15, -0.1) is 0 Å². The van der Waals surface area contributed by atoms with E-state index in [0.717, 1.165) is 17.5 Å². The second-order valence-corrected chi connectivity index (χ2v) is 5.51. The van der Waals surface area contributed by atoms with Crippen LogP contribution in [0.2, 0.25) is 0 Å². The molecule has 1 aromatic rings. The van der Waals surface area contributed by atoms with Gasteiger partial charge in [-0.3, -0.25) is 9.78 Å². The number of aromatic nitrogens is 1. The minimum absolute atomic E-state index is 0.0762. The number of nitrogens with two attached hydrogens (primary N) is 1. The smallest absolute Gasteiger partial charge is 0.220 e. The molecule has 1 rings (SSSR count). The standard InChI is InChI=1S/C15H25N3O/c1-11(2)6-13(8-16)7-15(19)18-10-14-4-5-17-9-12(14)3/h4-5,9,11,13H,6-8,10,16H2,1-3H3,(H,18,19). The van der Waals surface area contributed by atoms with Gasteiger partial charge < -0.3 is 11.1 Å². The van der Waals surface area contributed by atoms with Gasteiger partial charge in [0.05, 0.1) is 0 Å². The van der Waals surface area contributed by atoms with Crippen molar-refractivity contribution in [2.45, 2.75) is 40.2 Å². The van der Waals surface area contributed by atoms with Crippen molar-refractivity contribution in [3.8, 4) is 0 Å². The van der Waals surface area contributed by atoms with Crippen molar-refractivity contribution >= 4 is 5.91 Å². The van der Waals surface area contributed by atoms with Gasteiger partial charge in [0.1, 0.15) is 0 Å². The van der Waals surface area contributed by atoms with Crippen molar-refractivity contribution in [2.24, 2.45) is 17.6 Å². The molecule has 3 N–H and O–H groups in total. The number of amides is 1. The maximum atomic E-state index is 11.9. The minimum atomic E-state index is 0.0762. The summed E-state index contributed by atoms with van der Waals surface area (Å²) in [6.07, 6.45) is 5.07. The zero-order chi connectivity index (χ0) is 14.3. The summed E-state index contributed by atoms with van der Waals surface area (Å²) >= 11 is 0. The van der Waals surface area contributed by atoms with E-state index in [0.29, 0.717) is 25.4 Å². The van der Waals surface area contributed by atoms with Crippen LogP contribution in [0.4, 0.5) is 0 Å². The van der Waals surface area contributed by atoms with E-state index in [1.807, 2.05) is 19.2 Å². The van der Waals surface area contributed by atoms with Crippen LogP contribution in [-0.2, 0) is 11.3 Å². The fourth-order valence-corrected chi connectivity index (χ4v) is 2.16. The fourth-order valence-electron chi connectivity index (χ4n) is 2.16. The molecule has 1 aromatic heterocycles. The van der Waals surface area contributed by atoms with Gasteiger partial charge in [0, 0.05) is 25.4 Å². The highest BCUT2D eigenvalue weighted by Gasteiger charge is 2.14. The number of carbonyl (C=O) groups is 1. The van der Waals surface area contributed by atoms with Gasteiger partial charge in [0.15, 0.2) is 0 Å². The first kappa shape index (κ1) is 15.6. The lowest BCUT2D eigenvalue weighted by Gasteiger charge is -2.16. The Balaban J connectivity index is 2.41. The quantitative estimate of drug-likeness (QED) is 0.791. The highest BCUT2D eigenvalue weighted by atomic mass is 16.1. The molecule has 1 atom stereocenters. The molecule has 0 fully saturated rings. The molecule has 0 bridgehead atoms. The van der Waals surface area contributed by atoms with Gasteiger partial charge in [0.2, 0.25) is 5.91 Å². The van der Waals surface area contributed by atoms with E-state index in [2.05, 4.69) is 24.1 Å². The van der Waals surface area contributed by atoms with Crippen LogP contribution in [0.15, 0.2) is 18.5 Å². The summed E-state index contributed by atoms with van der Waals surface area (Å²) in [5.74, 6) is 0.926. The zero-order valence-corrected chi connectivity index (χ0v) is 12.1. The number of carbonyl (C=O) groups excluding carboxylic acids is 1. The first-order chi connectivity index (χ1) is 9.02. The van der Waals surface area contributed by atoms with Crippen LogP contribution < -0.4 is 11.1 Å². The Morgan fingerprint density at radius 1 is 1.47 bits per heavy atom. The third kappa shape index (κ3) is 5.83. The van der Waals surface area contributed by atoms with E-state index in [9.17, 15) is 4.79 Å². The molecular weight excluding hydrogens is 238 g/mol. The number of hydrogen-bond acceptors (Lipinski definition) is 3. The molecular formula is C15H25N3O. The van der Waals surface area contributed by atoms with Crippen molar-refractivity contribution in [1.82, 2.24) is 10.3 Å². The molecule has 106 valence electrons. The van der Waals surface area contributed by atoms with Crippen LogP contribution >= 0.6 is 0 Å². The molecule has 0 aromatic carbocycles. The summed E-state index contributed by atoms with van der Waals surface area (Å²) in [5.41, 5.74) is 7.92. The molecule has 19 heavy (non-hydrogen) atoms. The predicted molar refractivity (Wildman–Crippen MR) is 77.4 cm³/mol. The second-order valence-electron chi connectivity index (χ2n) is 5.51. The normalized spacial score (nSPS) is 12.5. The molecule has 0 radical (unpaired) electrons. The molecule has 1 heterocycles. The monoisotopic (exact) mass is 263 g/mol. The summed E-state index contributed by atoms with van der Waals surface area (Å²) in [5, 5.41) is 2.96. The molecule has 0 saturated carbocycles. The van der Waals surface area contributed by atoms with Crippen molar-refractivity contribution in [1.29, 1.82) is 0 Å². The average molecular weight is 263 g/mol. The van der Waals surface area contributed by atoms with Crippen LogP contribution in [0.5, 0.6) is 0 Å². The van der Waals surface area contributed by atoms with Gasteiger partial charge in [-0.1, -0.05) is 13.8 Å². The van der Waals surface area contributed by atoms with Crippen LogP contribution in [0.25, 0.3) is 0 Å². The van der Waals surface area contributed by atoms with Crippen LogP contribution in [0.3, 0.4) is 0 Å². The third-order valence-corrected chi connectivity index (χ3v) is 3.22. The van der Waals surface area contributed by atoms with Gasteiger partial charge in [0.25, 0.3) is 0 Å². The number of pyridine rings is 1. The lowest BCUT2D eigenvalue weighted by Crippen LogP contribution is -2.28. The van der Waals surface area contributed by atoms with E-state index in [1.54, 1.807) is 6.20 Å². The van der Waals surface area contributed by atoms with E-state index in [-0.39, 0.29) is 11.8 Å². The molecule has 1 unspecified atom stereocenters. The van der Waals surface area contributed by atoms with Crippen molar-refractivity contribution < 1.29 is 4.79 Å². The molecule has 0 aliphatic heterocycles. The first-order valence-electron chi connectivity index (χ1n) is 6.89. The molecule has 4 nitrogen and oxygen atoms in total. The van der Waals surface area contributed by atoms with Crippen LogP contribution in [0, 0.1) is 18.8 Å². The molecule has 4 heteroatoms. The third-order valence-electron chi connectivity index (χ3n) is 3.22. The fraction of sp³-hybridized carbons (Fsp3) is 0.600. The topological polar surface area (TPSA) is 68.0 Å². The number of aryl methyl sites for hydroxylation is 1. The van der Waals surface area contributed by atoms with Gasteiger partial charge >= 0.3 is 0 Å². The maximum absolute atomic E-state index is 11.9. The largest absolute Gasteiger partial charge is 0.352 e. The van der Waals surface area contributed by atoms with Gasteiger partial charge in [-0.05, 0) is 48.9 Å².